The average molecular weight is 202 g/mol. The fourth-order valence-corrected chi connectivity index (χ4v) is 2.65. The van der Waals surface area contributed by atoms with Gasteiger partial charge in [0.25, 0.3) is 0 Å². The van der Waals surface area contributed by atoms with Crippen molar-refractivity contribution in [2.75, 3.05) is 24.6 Å². The van der Waals surface area contributed by atoms with Gasteiger partial charge in [-0.25, -0.2) is 0 Å². The zero-order valence-corrected chi connectivity index (χ0v) is 8.74. The molecule has 0 aromatic heterocycles. The molecule has 4 heteroatoms. The van der Waals surface area contributed by atoms with E-state index in [-0.39, 0.29) is 5.91 Å². The summed E-state index contributed by atoms with van der Waals surface area (Å²) < 4.78 is 0. The second-order valence-corrected chi connectivity index (χ2v) is 4.63. The van der Waals surface area contributed by atoms with Crippen molar-refractivity contribution in [3.63, 3.8) is 0 Å². The minimum absolute atomic E-state index is 0.183. The molecule has 1 amide bonds. The Labute approximate surface area is 83.8 Å². The zero-order valence-electron chi connectivity index (χ0n) is 7.92. The van der Waals surface area contributed by atoms with Crippen molar-refractivity contribution in [1.29, 1.82) is 0 Å². The van der Waals surface area contributed by atoms with Crippen LogP contribution in [-0.4, -0.2) is 30.5 Å². The van der Waals surface area contributed by atoms with Crippen molar-refractivity contribution in [3.05, 3.63) is 0 Å². The zero-order chi connectivity index (χ0) is 9.52. The maximum atomic E-state index is 10.4. The molecule has 3 nitrogen and oxygen atoms in total. The lowest BCUT2D eigenvalue weighted by atomic mass is 10.0. The summed E-state index contributed by atoms with van der Waals surface area (Å²) in [5.41, 5.74) is 5.05. The Hall–Kier alpha value is -0.220. The van der Waals surface area contributed by atoms with E-state index in [0.717, 1.165) is 24.8 Å². The van der Waals surface area contributed by atoms with E-state index in [0.29, 0.717) is 6.42 Å². The Morgan fingerprint density at radius 2 is 2.15 bits per heavy atom. The molecule has 1 aliphatic rings. The van der Waals surface area contributed by atoms with E-state index < -0.39 is 0 Å². The Morgan fingerprint density at radius 1 is 1.46 bits per heavy atom. The van der Waals surface area contributed by atoms with E-state index in [4.69, 9.17) is 5.73 Å². The van der Waals surface area contributed by atoms with Crippen LogP contribution >= 0.6 is 11.8 Å². The SMILES string of the molecule is NC(=O)CCSCC1CCNCC1. The number of rotatable bonds is 5. The molecule has 0 radical (unpaired) electrons. The van der Waals surface area contributed by atoms with Crippen LogP contribution in [0.2, 0.25) is 0 Å². The second-order valence-electron chi connectivity index (χ2n) is 3.48. The van der Waals surface area contributed by atoms with Crippen LogP contribution in [0.3, 0.4) is 0 Å². The molecule has 0 unspecified atom stereocenters. The molecule has 0 aromatic rings. The largest absolute Gasteiger partial charge is 0.370 e. The highest BCUT2D eigenvalue weighted by atomic mass is 32.2. The Morgan fingerprint density at radius 3 is 2.77 bits per heavy atom. The van der Waals surface area contributed by atoms with Gasteiger partial charge in [-0.3, -0.25) is 4.79 Å². The number of thioether (sulfide) groups is 1. The summed E-state index contributed by atoms with van der Waals surface area (Å²) in [5, 5.41) is 3.34. The fraction of sp³-hybridized carbons (Fsp3) is 0.889. The molecule has 0 spiro atoms. The molecule has 1 rings (SSSR count). The molecule has 13 heavy (non-hydrogen) atoms. The van der Waals surface area contributed by atoms with Crippen LogP contribution in [-0.2, 0) is 4.79 Å². The third-order valence-corrected chi connectivity index (χ3v) is 3.50. The van der Waals surface area contributed by atoms with Crippen LogP contribution in [0.25, 0.3) is 0 Å². The topological polar surface area (TPSA) is 55.1 Å². The molecule has 1 saturated heterocycles. The van der Waals surface area contributed by atoms with Crippen LogP contribution in [0.4, 0.5) is 0 Å². The normalized spacial score (nSPS) is 18.8. The smallest absolute Gasteiger partial charge is 0.218 e. The number of nitrogens with one attached hydrogen (secondary N) is 1. The minimum Gasteiger partial charge on any atom is -0.370 e. The molecule has 0 saturated carbocycles. The van der Waals surface area contributed by atoms with E-state index in [1.165, 1.54) is 18.6 Å². The summed E-state index contributed by atoms with van der Waals surface area (Å²) in [6.45, 7) is 2.31. The van der Waals surface area contributed by atoms with Gasteiger partial charge in [0, 0.05) is 12.2 Å². The van der Waals surface area contributed by atoms with Gasteiger partial charge in [0.2, 0.25) is 5.91 Å². The monoisotopic (exact) mass is 202 g/mol. The van der Waals surface area contributed by atoms with Gasteiger partial charge >= 0.3 is 0 Å². The third kappa shape index (κ3) is 5.16. The van der Waals surface area contributed by atoms with Gasteiger partial charge in [-0.05, 0) is 37.6 Å². The summed E-state index contributed by atoms with van der Waals surface area (Å²) in [4.78, 5) is 10.4. The highest BCUT2D eigenvalue weighted by Crippen LogP contribution is 2.17. The first-order valence-corrected chi connectivity index (χ1v) is 6.01. The first-order chi connectivity index (χ1) is 6.29. The summed E-state index contributed by atoms with van der Waals surface area (Å²) in [6.07, 6.45) is 3.09. The lowest BCUT2D eigenvalue weighted by Crippen LogP contribution is -2.28. The Bertz CT molecular complexity index is 158. The highest BCUT2D eigenvalue weighted by molar-refractivity contribution is 7.99. The molecule has 1 aliphatic heterocycles. The lowest BCUT2D eigenvalue weighted by Gasteiger charge is -2.21. The van der Waals surface area contributed by atoms with Crippen LogP contribution < -0.4 is 11.1 Å². The summed E-state index contributed by atoms with van der Waals surface area (Å²) in [6, 6.07) is 0. The quantitative estimate of drug-likeness (QED) is 0.642. The van der Waals surface area contributed by atoms with Gasteiger partial charge < -0.3 is 11.1 Å². The van der Waals surface area contributed by atoms with Crippen LogP contribution in [0.15, 0.2) is 0 Å². The molecule has 0 aliphatic carbocycles. The van der Waals surface area contributed by atoms with Gasteiger partial charge in [-0.2, -0.15) is 11.8 Å². The maximum Gasteiger partial charge on any atom is 0.218 e. The number of carbonyl (C=O) groups excluding carboxylic acids is 1. The third-order valence-electron chi connectivity index (χ3n) is 2.31. The van der Waals surface area contributed by atoms with Crippen LogP contribution in [0.1, 0.15) is 19.3 Å². The van der Waals surface area contributed by atoms with E-state index in [2.05, 4.69) is 5.32 Å². The molecule has 1 heterocycles. The van der Waals surface area contributed by atoms with Gasteiger partial charge in [0.1, 0.15) is 0 Å². The van der Waals surface area contributed by atoms with E-state index in [1.54, 1.807) is 0 Å². The molecule has 3 N–H and O–H groups in total. The highest BCUT2D eigenvalue weighted by Gasteiger charge is 2.12. The summed E-state index contributed by atoms with van der Waals surface area (Å²) >= 11 is 1.86. The van der Waals surface area contributed by atoms with Gasteiger partial charge in [0.15, 0.2) is 0 Å². The number of nitrogens with two attached hydrogens (primary N) is 1. The predicted molar refractivity (Wildman–Crippen MR) is 56.7 cm³/mol. The van der Waals surface area contributed by atoms with Crippen molar-refractivity contribution < 1.29 is 4.79 Å². The first kappa shape index (κ1) is 10.9. The number of carbonyl (C=O) groups is 1. The Balaban J connectivity index is 1.95. The minimum atomic E-state index is -0.183. The maximum absolute atomic E-state index is 10.4. The van der Waals surface area contributed by atoms with Gasteiger partial charge in [-0.1, -0.05) is 0 Å². The summed E-state index contributed by atoms with van der Waals surface area (Å²) in [7, 11) is 0. The molecule has 0 aromatic carbocycles. The van der Waals surface area contributed by atoms with Crippen molar-refractivity contribution in [1.82, 2.24) is 5.32 Å². The van der Waals surface area contributed by atoms with Crippen molar-refractivity contribution in [2.24, 2.45) is 11.7 Å². The Kier molecular flexibility index (Phi) is 5.23. The number of amides is 1. The van der Waals surface area contributed by atoms with E-state index >= 15 is 0 Å². The van der Waals surface area contributed by atoms with Crippen molar-refractivity contribution in [3.8, 4) is 0 Å². The molecular weight excluding hydrogens is 184 g/mol. The number of hydrogen-bond acceptors (Lipinski definition) is 3. The second kappa shape index (κ2) is 6.27. The van der Waals surface area contributed by atoms with E-state index in [9.17, 15) is 4.79 Å². The van der Waals surface area contributed by atoms with Crippen LogP contribution in [0.5, 0.6) is 0 Å². The first-order valence-electron chi connectivity index (χ1n) is 4.86. The number of primary amides is 1. The van der Waals surface area contributed by atoms with Crippen molar-refractivity contribution >= 4 is 17.7 Å². The molecule has 0 bridgehead atoms. The molecule has 76 valence electrons. The summed E-state index contributed by atoms with van der Waals surface area (Å²) in [5.74, 6) is 2.74. The molecular formula is C9H18N2OS. The predicted octanol–water partition coefficient (Wildman–Crippen LogP) is 0.595. The number of hydrogen-bond donors (Lipinski definition) is 2. The molecule has 1 fully saturated rings. The van der Waals surface area contributed by atoms with Crippen LogP contribution in [0, 0.1) is 5.92 Å². The molecule has 0 atom stereocenters. The van der Waals surface area contributed by atoms with Crippen molar-refractivity contribution in [2.45, 2.75) is 19.3 Å². The van der Waals surface area contributed by atoms with E-state index in [1.807, 2.05) is 11.8 Å². The van der Waals surface area contributed by atoms with Gasteiger partial charge in [0.05, 0.1) is 0 Å². The van der Waals surface area contributed by atoms with Gasteiger partial charge in [-0.15, -0.1) is 0 Å². The standard InChI is InChI=1S/C9H18N2OS/c10-9(12)3-6-13-7-8-1-4-11-5-2-8/h8,11H,1-7H2,(H2,10,12). The number of piperidine rings is 1. The lowest BCUT2D eigenvalue weighted by molar-refractivity contribution is -0.117. The average Bonchev–Trinajstić information content (AvgIpc) is 2.14. The fourth-order valence-electron chi connectivity index (χ4n) is 1.47.